The molecule has 1 fully saturated rings. The van der Waals surface area contributed by atoms with Gasteiger partial charge in [-0.15, -0.1) is 0 Å². The third-order valence-electron chi connectivity index (χ3n) is 5.48. The molecule has 0 radical (unpaired) electrons. The number of ether oxygens (including phenoxy) is 1. The topological polar surface area (TPSA) is 26.3 Å². The van der Waals surface area contributed by atoms with Gasteiger partial charge in [-0.3, -0.25) is 0 Å². The smallest absolute Gasteiger partial charge is 0.333 e. The molecule has 2 heteroatoms. The van der Waals surface area contributed by atoms with Crippen LogP contribution in [-0.4, -0.2) is 12.1 Å². The molecular weight excluding hydrogens is 308 g/mol. The number of esters is 1. The Kier molecular flexibility index (Phi) is 7.28. The van der Waals surface area contributed by atoms with Crippen LogP contribution in [0.5, 0.6) is 0 Å². The molecule has 1 saturated carbocycles. The second kappa shape index (κ2) is 9.22. The number of carbonyl (C=O) groups excluding carboxylic acids is 1. The van der Waals surface area contributed by atoms with Gasteiger partial charge in [0.05, 0.1) is 0 Å². The van der Waals surface area contributed by atoms with E-state index < -0.39 is 0 Å². The Morgan fingerprint density at radius 2 is 1.88 bits per heavy atom. The van der Waals surface area contributed by atoms with Gasteiger partial charge >= 0.3 is 5.97 Å². The predicted octanol–water partition coefficient (Wildman–Crippen LogP) is 5.82. The Balaban J connectivity index is 1.95. The number of carbonyl (C=O) groups is 1. The molecule has 0 aliphatic heterocycles. The molecule has 25 heavy (non-hydrogen) atoms. The summed E-state index contributed by atoms with van der Waals surface area (Å²) in [5, 5.41) is 0. The first-order valence-electron chi connectivity index (χ1n) is 9.80. The van der Waals surface area contributed by atoms with E-state index in [2.05, 4.69) is 58.0 Å². The quantitative estimate of drug-likeness (QED) is 0.481. The average molecular weight is 343 g/mol. The fraction of sp³-hybridized carbons (Fsp3) is 0.609. The highest BCUT2D eigenvalue weighted by Crippen LogP contribution is 2.35. The average Bonchev–Trinajstić information content (AvgIpc) is 2.55. The lowest BCUT2D eigenvalue weighted by Gasteiger charge is -2.36. The van der Waals surface area contributed by atoms with Crippen molar-refractivity contribution in [2.75, 3.05) is 0 Å². The number of hydrogen-bond donors (Lipinski definition) is 0. The minimum Gasteiger partial charge on any atom is -0.459 e. The normalized spacial score (nSPS) is 25.7. The van der Waals surface area contributed by atoms with E-state index in [0.717, 1.165) is 18.4 Å². The predicted molar refractivity (Wildman–Crippen MR) is 104 cm³/mol. The molecule has 1 aromatic carbocycles. The van der Waals surface area contributed by atoms with Gasteiger partial charge in [0.1, 0.15) is 6.10 Å². The summed E-state index contributed by atoms with van der Waals surface area (Å²) in [4.78, 5) is 12.6. The fourth-order valence-corrected chi connectivity index (χ4v) is 4.02. The van der Waals surface area contributed by atoms with E-state index in [1.807, 2.05) is 13.0 Å². The first-order chi connectivity index (χ1) is 11.9. The van der Waals surface area contributed by atoms with Crippen molar-refractivity contribution < 1.29 is 9.53 Å². The zero-order valence-electron chi connectivity index (χ0n) is 16.5. The van der Waals surface area contributed by atoms with Crippen molar-refractivity contribution in [2.24, 2.45) is 23.7 Å². The van der Waals surface area contributed by atoms with Gasteiger partial charge in [0.2, 0.25) is 0 Å². The van der Waals surface area contributed by atoms with Crippen LogP contribution in [0.3, 0.4) is 0 Å². The van der Waals surface area contributed by atoms with Gasteiger partial charge < -0.3 is 4.74 Å². The molecule has 1 aliphatic carbocycles. The number of allylic oxidation sites excluding steroid dienone is 1. The van der Waals surface area contributed by atoms with Crippen molar-refractivity contribution in [1.29, 1.82) is 0 Å². The van der Waals surface area contributed by atoms with Crippen molar-refractivity contribution >= 4 is 5.97 Å². The van der Waals surface area contributed by atoms with Crippen molar-refractivity contribution in [3.8, 4) is 0 Å². The molecule has 0 N–H and O–H groups in total. The molecule has 1 aliphatic rings. The van der Waals surface area contributed by atoms with Crippen LogP contribution in [0.4, 0.5) is 0 Å². The molecule has 0 heterocycles. The molecule has 138 valence electrons. The molecular formula is C23H34O2. The van der Waals surface area contributed by atoms with Gasteiger partial charge in [0.15, 0.2) is 0 Å². The summed E-state index contributed by atoms with van der Waals surface area (Å²) in [6.45, 7) is 10.8. The largest absolute Gasteiger partial charge is 0.459 e. The summed E-state index contributed by atoms with van der Waals surface area (Å²) in [6.07, 6.45) is 6.50. The summed E-state index contributed by atoms with van der Waals surface area (Å²) in [7, 11) is 0. The maximum absolute atomic E-state index is 12.6. The third kappa shape index (κ3) is 6.02. The van der Waals surface area contributed by atoms with E-state index >= 15 is 0 Å². The molecule has 1 aromatic rings. The van der Waals surface area contributed by atoms with Gasteiger partial charge in [-0.1, -0.05) is 70.5 Å². The third-order valence-corrected chi connectivity index (χ3v) is 5.48. The van der Waals surface area contributed by atoms with Crippen LogP contribution in [0.15, 0.2) is 42.0 Å². The lowest BCUT2D eigenvalue weighted by molar-refractivity contribution is -0.151. The molecule has 0 spiro atoms. The Morgan fingerprint density at radius 3 is 2.52 bits per heavy atom. The van der Waals surface area contributed by atoms with Crippen molar-refractivity contribution in [1.82, 2.24) is 0 Å². The maximum Gasteiger partial charge on any atom is 0.333 e. The lowest BCUT2D eigenvalue weighted by atomic mass is 9.75. The first-order valence-corrected chi connectivity index (χ1v) is 9.80. The molecule has 0 unspecified atom stereocenters. The highest BCUT2D eigenvalue weighted by Gasteiger charge is 2.33. The van der Waals surface area contributed by atoms with Crippen LogP contribution >= 0.6 is 0 Å². The zero-order chi connectivity index (χ0) is 18.4. The highest BCUT2D eigenvalue weighted by molar-refractivity contribution is 5.87. The molecule has 2 rings (SSSR count). The number of rotatable bonds is 6. The van der Waals surface area contributed by atoms with Gasteiger partial charge in [-0.05, 0) is 55.4 Å². The number of benzene rings is 1. The summed E-state index contributed by atoms with van der Waals surface area (Å²) in [6, 6.07) is 10.4. The van der Waals surface area contributed by atoms with Crippen LogP contribution in [0.2, 0.25) is 0 Å². The molecule has 4 atom stereocenters. The van der Waals surface area contributed by atoms with Crippen LogP contribution in [-0.2, 0) is 16.0 Å². The molecule has 0 aromatic heterocycles. The SMILES string of the molecule is C/C(=C\[C@@H](C)Cc1ccccc1)C(=O)O[C@@H]1C[C@H](C)CC[C@H]1C(C)C. The second-order valence-corrected chi connectivity index (χ2v) is 8.29. The second-order valence-electron chi connectivity index (χ2n) is 8.29. The maximum atomic E-state index is 12.6. The summed E-state index contributed by atoms with van der Waals surface area (Å²) in [5.74, 6) is 1.89. The summed E-state index contributed by atoms with van der Waals surface area (Å²) < 4.78 is 5.94. The molecule has 0 amide bonds. The van der Waals surface area contributed by atoms with Crippen molar-refractivity contribution in [3.63, 3.8) is 0 Å². The highest BCUT2D eigenvalue weighted by atomic mass is 16.5. The standard InChI is InChI=1S/C23H34O2/c1-16(2)21-12-11-17(3)15-22(21)25-23(24)19(5)13-18(4)14-20-9-7-6-8-10-20/h6-10,13,16-18,21-22H,11-12,14-15H2,1-5H3/b19-13+/t17-,18-,21+,22-/m1/s1. The van der Waals surface area contributed by atoms with Gasteiger partial charge in [0, 0.05) is 5.57 Å². The summed E-state index contributed by atoms with van der Waals surface area (Å²) in [5.41, 5.74) is 2.04. The van der Waals surface area contributed by atoms with Crippen LogP contribution in [0.1, 0.15) is 59.4 Å². The van der Waals surface area contributed by atoms with E-state index in [9.17, 15) is 4.79 Å². The Morgan fingerprint density at radius 1 is 1.20 bits per heavy atom. The lowest BCUT2D eigenvalue weighted by Crippen LogP contribution is -2.36. The van der Waals surface area contributed by atoms with E-state index in [0.29, 0.717) is 23.7 Å². The van der Waals surface area contributed by atoms with Crippen LogP contribution in [0, 0.1) is 23.7 Å². The monoisotopic (exact) mass is 342 g/mol. The van der Waals surface area contributed by atoms with Crippen LogP contribution < -0.4 is 0 Å². The Hall–Kier alpha value is -1.57. The number of hydrogen-bond acceptors (Lipinski definition) is 2. The van der Waals surface area contributed by atoms with Gasteiger partial charge in [0.25, 0.3) is 0 Å². The summed E-state index contributed by atoms with van der Waals surface area (Å²) >= 11 is 0. The molecule has 2 nitrogen and oxygen atoms in total. The minimum absolute atomic E-state index is 0.0732. The van der Waals surface area contributed by atoms with E-state index in [4.69, 9.17) is 4.74 Å². The minimum atomic E-state index is -0.135. The molecule has 0 bridgehead atoms. The Bertz CT molecular complexity index is 573. The van der Waals surface area contributed by atoms with Gasteiger partial charge in [-0.2, -0.15) is 0 Å². The Labute approximate surface area is 153 Å². The first kappa shape index (κ1) is 19.8. The molecule has 0 saturated heterocycles. The van der Waals surface area contributed by atoms with Crippen molar-refractivity contribution in [3.05, 3.63) is 47.5 Å². The van der Waals surface area contributed by atoms with Crippen LogP contribution in [0.25, 0.3) is 0 Å². The fourth-order valence-electron chi connectivity index (χ4n) is 4.02. The van der Waals surface area contributed by atoms with E-state index in [1.54, 1.807) is 0 Å². The van der Waals surface area contributed by atoms with Crippen molar-refractivity contribution in [2.45, 2.75) is 66.4 Å². The van der Waals surface area contributed by atoms with Gasteiger partial charge in [-0.25, -0.2) is 4.79 Å². The zero-order valence-corrected chi connectivity index (χ0v) is 16.5. The van der Waals surface area contributed by atoms with E-state index in [-0.39, 0.29) is 12.1 Å². The van der Waals surface area contributed by atoms with E-state index in [1.165, 1.54) is 18.4 Å².